The lowest BCUT2D eigenvalue weighted by Crippen LogP contribution is -2.53. The molecule has 1 fully saturated rings. The van der Waals surface area contributed by atoms with Crippen molar-refractivity contribution in [3.8, 4) is 0 Å². The lowest BCUT2D eigenvalue weighted by atomic mass is 10.1. The standard InChI is InChI=1S/C15H17NO4/c1-10-14(15(17)18)16(6-7-19-10)9-12-8-11-4-2-3-5-13(11)20-12/h2-5,8,10,14H,6-7,9H2,1H3,(H,17,18)/t10-,14+/m1/s1. The molecule has 0 radical (unpaired) electrons. The molecule has 1 aliphatic heterocycles. The van der Waals surface area contributed by atoms with Crippen molar-refractivity contribution in [1.29, 1.82) is 0 Å². The second-order valence-corrected chi connectivity index (χ2v) is 5.08. The number of furan rings is 1. The maximum absolute atomic E-state index is 11.4. The SMILES string of the molecule is C[C@H]1OCCN(Cc2cc3ccccc3o2)[C@@H]1C(=O)O. The first-order chi connectivity index (χ1) is 9.65. The van der Waals surface area contributed by atoms with Crippen LogP contribution in [-0.2, 0) is 16.1 Å². The molecule has 3 rings (SSSR count). The van der Waals surface area contributed by atoms with Crippen LogP contribution < -0.4 is 0 Å². The topological polar surface area (TPSA) is 62.9 Å². The van der Waals surface area contributed by atoms with Crippen LogP contribution in [0, 0.1) is 0 Å². The first-order valence-corrected chi connectivity index (χ1v) is 6.71. The highest BCUT2D eigenvalue weighted by molar-refractivity contribution is 5.77. The molecule has 0 bridgehead atoms. The van der Waals surface area contributed by atoms with E-state index in [4.69, 9.17) is 9.15 Å². The summed E-state index contributed by atoms with van der Waals surface area (Å²) < 4.78 is 11.2. The minimum absolute atomic E-state index is 0.314. The van der Waals surface area contributed by atoms with E-state index >= 15 is 0 Å². The van der Waals surface area contributed by atoms with Crippen molar-refractivity contribution in [3.05, 3.63) is 36.1 Å². The summed E-state index contributed by atoms with van der Waals surface area (Å²) in [5, 5.41) is 10.4. The Balaban J connectivity index is 1.83. The number of hydrogen-bond donors (Lipinski definition) is 1. The number of nitrogens with zero attached hydrogens (tertiary/aromatic N) is 1. The minimum Gasteiger partial charge on any atom is -0.480 e. The maximum Gasteiger partial charge on any atom is 0.323 e. The van der Waals surface area contributed by atoms with Gasteiger partial charge in [-0.25, -0.2) is 0 Å². The molecule has 1 N–H and O–H groups in total. The van der Waals surface area contributed by atoms with Gasteiger partial charge in [0.25, 0.3) is 0 Å². The monoisotopic (exact) mass is 275 g/mol. The van der Waals surface area contributed by atoms with Crippen LogP contribution in [0.3, 0.4) is 0 Å². The molecule has 2 heterocycles. The number of para-hydroxylation sites is 1. The van der Waals surface area contributed by atoms with Gasteiger partial charge in [-0.2, -0.15) is 0 Å². The summed E-state index contributed by atoms with van der Waals surface area (Å²) in [5.41, 5.74) is 0.829. The van der Waals surface area contributed by atoms with Crippen LogP contribution >= 0.6 is 0 Å². The fourth-order valence-electron chi connectivity index (χ4n) is 2.73. The number of hydrogen-bond acceptors (Lipinski definition) is 4. The fourth-order valence-corrected chi connectivity index (χ4v) is 2.73. The minimum atomic E-state index is -0.853. The number of benzene rings is 1. The summed E-state index contributed by atoms with van der Waals surface area (Å²) in [7, 11) is 0. The molecule has 5 heteroatoms. The van der Waals surface area contributed by atoms with Gasteiger partial charge in [-0.05, 0) is 19.1 Å². The van der Waals surface area contributed by atoms with Crippen LogP contribution in [0.5, 0.6) is 0 Å². The maximum atomic E-state index is 11.4. The van der Waals surface area contributed by atoms with E-state index in [1.54, 1.807) is 6.92 Å². The highest BCUT2D eigenvalue weighted by atomic mass is 16.5. The van der Waals surface area contributed by atoms with Crippen LogP contribution in [-0.4, -0.2) is 41.3 Å². The molecule has 0 unspecified atom stereocenters. The zero-order valence-electron chi connectivity index (χ0n) is 11.3. The molecule has 2 atom stereocenters. The van der Waals surface area contributed by atoms with E-state index in [9.17, 15) is 9.90 Å². The van der Waals surface area contributed by atoms with Gasteiger partial charge in [-0.3, -0.25) is 9.69 Å². The predicted octanol–water partition coefficient (Wildman–Crippen LogP) is 2.11. The molecule has 1 saturated heterocycles. The molecule has 0 spiro atoms. The highest BCUT2D eigenvalue weighted by Gasteiger charge is 2.35. The van der Waals surface area contributed by atoms with Crippen molar-refractivity contribution in [3.63, 3.8) is 0 Å². The van der Waals surface area contributed by atoms with E-state index in [1.165, 1.54) is 0 Å². The third-order valence-electron chi connectivity index (χ3n) is 3.69. The van der Waals surface area contributed by atoms with Gasteiger partial charge in [0.15, 0.2) is 0 Å². The second-order valence-electron chi connectivity index (χ2n) is 5.08. The van der Waals surface area contributed by atoms with Crippen LogP contribution in [0.2, 0.25) is 0 Å². The average Bonchev–Trinajstić information content (AvgIpc) is 2.80. The van der Waals surface area contributed by atoms with Crippen molar-refractivity contribution in [2.24, 2.45) is 0 Å². The Bertz CT molecular complexity index is 588. The number of carboxylic acids is 1. The van der Waals surface area contributed by atoms with Crippen molar-refractivity contribution in [2.75, 3.05) is 13.2 Å². The normalized spacial score (nSPS) is 24.1. The molecule has 20 heavy (non-hydrogen) atoms. The average molecular weight is 275 g/mol. The Labute approximate surface area is 116 Å². The summed E-state index contributed by atoms with van der Waals surface area (Å²) in [5.74, 6) is -0.0696. The van der Waals surface area contributed by atoms with E-state index in [0.717, 1.165) is 16.7 Å². The zero-order chi connectivity index (χ0) is 14.1. The van der Waals surface area contributed by atoms with Crippen LogP contribution in [0.1, 0.15) is 12.7 Å². The Morgan fingerprint density at radius 1 is 1.45 bits per heavy atom. The number of ether oxygens (including phenoxy) is 1. The molecule has 0 saturated carbocycles. The molecule has 1 aliphatic rings. The fraction of sp³-hybridized carbons (Fsp3) is 0.400. The number of aliphatic carboxylic acids is 1. The van der Waals surface area contributed by atoms with Gasteiger partial charge in [0.05, 0.1) is 19.3 Å². The van der Waals surface area contributed by atoms with Gasteiger partial charge in [0.1, 0.15) is 17.4 Å². The predicted molar refractivity (Wildman–Crippen MR) is 73.5 cm³/mol. The third kappa shape index (κ3) is 2.42. The van der Waals surface area contributed by atoms with Gasteiger partial charge in [0, 0.05) is 11.9 Å². The van der Waals surface area contributed by atoms with Gasteiger partial charge in [-0.1, -0.05) is 18.2 Å². The molecular formula is C15H17NO4. The second kappa shape index (κ2) is 5.26. The van der Waals surface area contributed by atoms with Gasteiger partial charge in [-0.15, -0.1) is 0 Å². The largest absolute Gasteiger partial charge is 0.480 e. The van der Waals surface area contributed by atoms with E-state index in [0.29, 0.717) is 19.7 Å². The summed E-state index contributed by atoms with van der Waals surface area (Å²) in [6.45, 7) is 3.42. The van der Waals surface area contributed by atoms with E-state index in [-0.39, 0.29) is 6.10 Å². The summed E-state index contributed by atoms with van der Waals surface area (Å²) in [4.78, 5) is 13.3. The molecular weight excluding hydrogens is 258 g/mol. The first-order valence-electron chi connectivity index (χ1n) is 6.71. The lowest BCUT2D eigenvalue weighted by Gasteiger charge is -2.36. The van der Waals surface area contributed by atoms with Crippen LogP contribution in [0.25, 0.3) is 11.0 Å². The molecule has 5 nitrogen and oxygen atoms in total. The smallest absolute Gasteiger partial charge is 0.323 e. The lowest BCUT2D eigenvalue weighted by molar-refractivity contribution is -0.156. The Kier molecular flexibility index (Phi) is 3.46. The van der Waals surface area contributed by atoms with Crippen LogP contribution in [0.15, 0.2) is 34.7 Å². The van der Waals surface area contributed by atoms with E-state index in [1.807, 2.05) is 35.2 Å². The molecule has 0 amide bonds. The van der Waals surface area contributed by atoms with Crippen molar-refractivity contribution in [1.82, 2.24) is 4.90 Å². The van der Waals surface area contributed by atoms with E-state index < -0.39 is 12.0 Å². The Morgan fingerprint density at radius 2 is 2.25 bits per heavy atom. The summed E-state index contributed by atoms with van der Waals surface area (Å²) in [6.07, 6.45) is -0.314. The number of carbonyl (C=O) groups is 1. The zero-order valence-corrected chi connectivity index (χ0v) is 11.3. The summed E-state index contributed by atoms with van der Waals surface area (Å²) in [6, 6.07) is 9.12. The number of carboxylic acid groups (broad SMARTS) is 1. The number of rotatable bonds is 3. The molecule has 1 aromatic carbocycles. The summed E-state index contributed by atoms with van der Waals surface area (Å²) >= 11 is 0. The Hall–Kier alpha value is -1.85. The molecule has 1 aromatic heterocycles. The van der Waals surface area contributed by atoms with Crippen LogP contribution in [0.4, 0.5) is 0 Å². The van der Waals surface area contributed by atoms with E-state index in [2.05, 4.69) is 0 Å². The number of morpholine rings is 1. The van der Waals surface area contributed by atoms with Gasteiger partial charge >= 0.3 is 5.97 Å². The van der Waals surface area contributed by atoms with Crippen molar-refractivity contribution < 1.29 is 19.1 Å². The number of fused-ring (bicyclic) bond motifs is 1. The molecule has 106 valence electrons. The Morgan fingerprint density at radius 3 is 3.00 bits per heavy atom. The molecule has 0 aliphatic carbocycles. The quantitative estimate of drug-likeness (QED) is 0.929. The third-order valence-corrected chi connectivity index (χ3v) is 3.69. The highest BCUT2D eigenvalue weighted by Crippen LogP contribution is 2.23. The van der Waals surface area contributed by atoms with Crippen molar-refractivity contribution in [2.45, 2.75) is 25.6 Å². The van der Waals surface area contributed by atoms with Gasteiger partial charge < -0.3 is 14.3 Å². The van der Waals surface area contributed by atoms with Crippen molar-refractivity contribution >= 4 is 16.9 Å². The van der Waals surface area contributed by atoms with Gasteiger partial charge in [0.2, 0.25) is 0 Å². The first kappa shape index (κ1) is 13.1. The molecule has 2 aromatic rings.